The third-order valence-corrected chi connectivity index (χ3v) is 2.53. The van der Waals surface area contributed by atoms with Crippen molar-refractivity contribution in [3.05, 3.63) is 28.0 Å². The minimum Gasteiger partial charge on any atom is -0.506 e. The number of hydrogen-bond donors (Lipinski definition) is 3. The Hall–Kier alpha value is -0.650. The van der Waals surface area contributed by atoms with Gasteiger partial charge in [-0.3, -0.25) is 0 Å². The molecule has 78 valence electrons. The lowest BCUT2D eigenvalue weighted by molar-refractivity contribution is 0.161. The Balaban J connectivity index is 3.11. The average molecular weight is 264 g/mol. The molecule has 1 aromatic rings. The summed E-state index contributed by atoms with van der Waals surface area (Å²) in [5.74, 6) is -0.905. The van der Waals surface area contributed by atoms with Gasteiger partial charge in [0.25, 0.3) is 0 Å². The van der Waals surface area contributed by atoms with Crippen LogP contribution in [0.5, 0.6) is 5.75 Å². The summed E-state index contributed by atoms with van der Waals surface area (Å²) in [6.07, 6.45) is -0.863. The first kappa shape index (κ1) is 11.4. The molecule has 1 unspecified atom stereocenters. The normalized spacial score (nSPS) is 12.9. The van der Waals surface area contributed by atoms with Gasteiger partial charge >= 0.3 is 0 Å². The standard InChI is InChI=1S/C9H11BrFNO2/c10-5-1-2-6(11)8(9(5)14)7(13)3-4-12/h1-2,7,13-14H,3-4,12H2. The summed E-state index contributed by atoms with van der Waals surface area (Å²) in [5, 5.41) is 19.0. The van der Waals surface area contributed by atoms with Crippen molar-refractivity contribution in [3.63, 3.8) is 0 Å². The van der Waals surface area contributed by atoms with Crippen molar-refractivity contribution in [1.29, 1.82) is 0 Å². The van der Waals surface area contributed by atoms with Crippen LogP contribution in [-0.4, -0.2) is 16.8 Å². The highest BCUT2D eigenvalue weighted by Gasteiger charge is 2.18. The average Bonchev–Trinajstić information content (AvgIpc) is 2.13. The SMILES string of the molecule is NCCC(O)c1c(F)ccc(Br)c1O. The van der Waals surface area contributed by atoms with Crippen LogP contribution in [0.2, 0.25) is 0 Å². The van der Waals surface area contributed by atoms with Gasteiger partial charge in [-0.25, -0.2) is 4.39 Å². The minimum atomic E-state index is -1.07. The Labute approximate surface area is 89.5 Å². The van der Waals surface area contributed by atoms with E-state index in [-0.39, 0.29) is 24.3 Å². The van der Waals surface area contributed by atoms with Crippen LogP contribution < -0.4 is 5.73 Å². The maximum Gasteiger partial charge on any atom is 0.138 e. The van der Waals surface area contributed by atoms with Gasteiger partial charge in [0, 0.05) is 0 Å². The van der Waals surface area contributed by atoms with E-state index in [0.717, 1.165) is 0 Å². The predicted molar refractivity (Wildman–Crippen MR) is 54.4 cm³/mol. The van der Waals surface area contributed by atoms with E-state index in [2.05, 4.69) is 15.9 Å². The second kappa shape index (κ2) is 4.72. The lowest BCUT2D eigenvalue weighted by Crippen LogP contribution is -2.08. The second-order valence-corrected chi connectivity index (χ2v) is 3.74. The topological polar surface area (TPSA) is 66.5 Å². The number of halogens is 2. The molecule has 0 bridgehead atoms. The Morgan fingerprint density at radius 1 is 1.50 bits per heavy atom. The molecular weight excluding hydrogens is 253 g/mol. The molecule has 0 radical (unpaired) electrons. The van der Waals surface area contributed by atoms with Gasteiger partial charge in [0.2, 0.25) is 0 Å². The van der Waals surface area contributed by atoms with Crippen LogP contribution in [0, 0.1) is 5.82 Å². The highest BCUT2D eigenvalue weighted by Crippen LogP contribution is 2.34. The van der Waals surface area contributed by atoms with Crippen molar-refractivity contribution in [2.24, 2.45) is 5.73 Å². The Morgan fingerprint density at radius 3 is 2.71 bits per heavy atom. The van der Waals surface area contributed by atoms with Gasteiger partial charge in [0.1, 0.15) is 11.6 Å². The quantitative estimate of drug-likeness (QED) is 0.778. The number of phenols is 1. The molecule has 1 aromatic carbocycles. The fraction of sp³-hybridized carbons (Fsp3) is 0.333. The van der Waals surface area contributed by atoms with Crippen LogP contribution in [0.4, 0.5) is 4.39 Å². The number of hydrogen-bond acceptors (Lipinski definition) is 3. The summed E-state index contributed by atoms with van der Waals surface area (Å²) in [5.41, 5.74) is 5.12. The summed E-state index contributed by atoms with van der Waals surface area (Å²) >= 11 is 3.04. The molecule has 0 spiro atoms. The lowest BCUT2D eigenvalue weighted by atomic mass is 10.0. The van der Waals surface area contributed by atoms with Gasteiger partial charge in [0.05, 0.1) is 16.1 Å². The molecule has 0 aliphatic rings. The number of rotatable bonds is 3. The van der Waals surface area contributed by atoms with Gasteiger partial charge in [-0.05, 0) is 41.0 Å². The number of phenolic OH excluding ortho intramolecular Hbond substituents is 1. The largest absolute Gasteiger partial charge is 0.506 e. The van der Waals surface area contributed by atoms with Crippen molar-refractivity contribution in [2.45, 2.75) is 12.5 Å². The molecule has 5 heteroatoms. The molecule has 3 nitrogen and oxygen atoms in total. The van der Waals surface area contributed by atoms with E-state index in [1.807, 2.05) is 0 Å². The number of aromatic hydroxyl groups is 1. The fourth-order valence-electron chi connectivity index (χ4n) is 1.18. The van der Waals surface area contributed by atoms with Crippen LogP contribution in [-0.2, 0) is 0 Å². The maximum absolute atomic E-state index is 13.2. The maximum atomic E-state index is 13.2. The highest BCUT2D eigenvalue weighted by atomic mass is 79.9. The third-order valence-electron chi connectivity index (χ3n) is 1.89. The number of nitrogens with two attached hydrogens (primary N) is 1. The van der Waals surface area contributed by atoms with E-state index in [1.165, 1.54) is 12.1 Å². The summed E-state index contributed by atoms with van der Waals surface area (Å²) in [6, 6.07) is 2.56. The lowest BCUT2D eigenvalue weighted by Gasteiger charge is -2.13. The molecule has 0 saturated carbocycles. The van der Waals surface area contributed by atoms with Gasteiger partial charge in [-0.1, -0.05) is 0 Å². The Kier molecular flexibility index (Phi) is 3.86. The summed E-state index contributed by atoms with van der Waals surface area (Å²) in [6.45, 7) is 0.229. The summed E-state index contributed by atoms with van der Waals surface area (Å²) in [7, 11) is 0. The van der Waals surface area contributed by atoms with Crippen LogP contribution in [0.15, 0.2) is 16.6 Å². The van der Waals surface area contributed by atoms with Crippen molar-refractivity contribution >= 4 is 15.9 Å². The van der Waals surface area contributed by atoms with Gasteiger partial charge < -0.3 is 15.9 Å². The van der Waals surface area contributed by atoms with Crippen molar-refractivity contribution in [1.82, 2.24) is 0 Å². The molecule has 1 atom stereocenters. The Bertz CT molecular complexity index is 333. The Morgan fingerprint density at radius 2 is 2.14 bits per heavy atom. The van der Waals surface area contributed by atoms with Gasteiger partial charge in [0.15, 0.2) is 0 Å². The zero-order valence-electron chi connectivity index (χ0n) is 7.37. The molecule has 14 heavy (non-hydrogen) atoms. The van der Waals surface area contributed by atoms with Crippen molar-refractivity contribution < 1.29 is 14.6 Å². The molecule has 0 amide bonds. The number of benzene rings is 1. The molecule has 4 N–H and O–H groups in total. The number of aliphatic hydroxyl groups is 1. The molecule has 0 heterocycles. The van der Waals surface area contributed by atoms with Gasteiger partial charge in [-0.15, -0.1) is 0 Å². The van der Waals surface area contributed by atoms with Crippen LogP contribution >= 0.6 is 15.9 Å². The van der Waals surface area contributed by atoms with Crippen LogP contribution in [0.25, 0.3) is 0 Å². The minimum absolute atomic E-state index is 0.107. The van der Waals surface area contributed by atoms with E-state index < -0.39 is 11.9 Å². The first-order valence-electron chi connectivity index (χ1n) is 4.13. The zero-order chi connectivity index (χ0) is 10.7. The smallest absolute Gasteiger partial charge is 0.138 e. The first-order chi connectivity index (χ1) is 6.57. The predicted octanol–water partition coefficient (Wildman–Crippen LogP) is 1.68. The zero-order valence-corrected chi connectivity index (χ0v) is 8.96. The molecule has 0 aliphatic heterocycles. The molecule has 0 fully saturated rings. The van der Waals surface area contributed by atoms with Crippen molar-refractivity contribution in [2.75, 3.05) is 6.54 Å². The number of aliphatic hydroxyl groups excluding tert-OH is 1. The van der Waals surface area contributed by atoms with Crippen LogP contribution in [0.1, 0.15) is 18.1 Å². The third kappa shape index (κ3) is 2.23. The van der Waals surface area contributed by atoms with E-state index in [4.69, 9.17) is 5.73 Å². The van der Waals surface area contributed by atoms with E-state index >= 15 is 0 Å². The molecule has 0 aromatic heterocycles. The second-order valence-electron chi connectivity index (χ2n) is 2.88. The van der Waals surface area contributed by atoms with E-state index in [0.29, 0.717) is 4.47 Å². The first-order valence-corrected chi connectivity index (χ1v) is 4.92. The molecular formula is C9H11BrFNO2. The molecule has 0 saturated heterocycles. The molecule has 0 aliphatic carbocycles. The van der Waals surface area contributed by atoms with E-state index in [9.17, 15) is 14.6 Å². The summed E-state index contributed by atoms with van der Waals surface area (Å²) < 4.78 is 13.6. The summed E-state index contributed by atoms with van der Waals surface area (Å²) in [4.78, 5) is 0. The van der Waals surface area contributed by atoms with E-state index in [1.54, 1.807) is 0 Å². The fourth-order valence-corrected chi connectivity index (χ4v) is 1.52. The highest BCUT2D eigenvalue weighted by molar-refractivity contribution is 9.10. The molecule has 1 rings (SSSR count). The van der Waals surface area contributed by atoms with Crippen LogP contribution in [0.3, 0.4) is 0 Å². The van der Waals surface area contributed by atoms with Gasteiger partial charge in [-0.2, -0.15) is 0 Å². The monoisotopic (exact) mass is 263 g/mol. The van der Waals surface area contributed by atoms with Crippen molar-refractivity contribution in [3.8, 4) is 5.75 Å².